The molecule has 0 saturated heterocycles. The molecule has 1 aliphatic rings. The van der Waals surface area contributed by atoms with Crippen LogP contribution >= 0.6 is 11.6 Å². The molecule has 3 rings (SSSR count). The van der Waals surface area contributed by atoms with Crippen LogP contribution in [0.3, 0.4) is 0 Å². The third-order valence-electron chi connectivity index (χ3n) is 4.21. The molecule has 1 unspecified atom stereocenters. The first-order valence-electron chi connectivity index (χ1n) is 8.61. The highest BCUT2D eigenvalue weighted by Crippen LogP contribution is 2.35. The molecule has 0 fully saturated rings. The molecule has 2 aromatic rings. The Bertz CT molecular complexity index is 794. The Morgan fingerprint density at radius 3 is 2.54 bits per heavy atom. The minimum Gasteiger partial charge on any atom is -0.493 e. The molecule has 1 aliphatic heterocycles. The van der Waals surface area contributed by atoms with Gasteiger partial charge >= 0.3 is 0 Å². The van der Waals surface area contributed by atoms with Crippen LogP contribution < -0.4 is 14.8 Å². The number of hydrogen-bond acceptors (Lipinski definition) is 4. The molecular weight excluding hydrogens is 350 g/mol. The molecule has 0 bridgehead atoms. The summed E-state index contributed by atoms with van der Waals surface area (Å²) in [4.78, 5) is 0. The van der Waals surface area contributed by atoms with Crippen molar-refractivity contribution in [3.05, 3.63) is 64.7 Å². The lowest BCUT2D eigenvalue weighted by Crippen LogP contribution is -2.28. The third-order valence-corrected chi connectivity index (χ3v) is 4.47. The van der Waals surface area contributed by atoms with E-state index in [1.807, 2.05) is 42.5 Å². The van der Waals surface area contributed by atoms with Gasteiger partial charge in [0.2, 0.25) is 0 Å². The van der Waals surface area contributed by atoms with Crippen LogP contribution in [0.25, 0.3) is 5.70 Å². The Hall–Kier alpha value is -2.17. The third kappa shape index (κ3) is 4.51. The van der Waals surface area contributed by atoms with E-state index in [1.165, 1.54) is 0 Å². The normalized spacial score (nSPS) is 16.8. The van der Waals surface area contributed by atoms with Crippen molar-refractivity contribution in [2.75, 3.05) is 13.7 Å². The SMILES string of the molecule is COc1cc(C2CC=C(c3ccc(Cl)cc3)N2)ccc1OCC(C)(C)O. The maximum atomic E-state index is 9.83. The van der Waals surface area contributed by atoms with Gasteiger partial charge in [-0.3, -0.25) is 0 Å². The van der Waals surface area contributed by atoms with E-state index in [0.717, 1.165) is 28.3 Å². The van der Waals surface area contributed by atoms with Gasteiger partial charge in [-0.15, -0.1) is 0 Å². The Kier molecular flexibility index (Phi) is 5.44. The first-order valence-corrected chi connectivity index (χ1v) is 8.99. The van der Waals surface area contributed by atoms with Crippen LogP contribution in [0.2, 0.25) is 5.02 Å². The van der Waals surface area contributed by atoms with E-state index >= 15 is 0 Å². The van der Waals surface area contributed by atoms with Crippen molar-refractivity contribution in [1.29, 1.82) is 0 Å². The number of halogens is 1. The van der Waals surface area contributed by atoms with Crippen LogP contribution in [0.15, 0.2) is 48.5 Å². The van der Waals surface area contributed by atoms with E-state index in [4.69, 9.17) is 21.1 Å². The highest BCUT2D eigenvalue weighted by atomic mass is 35.5. The largest absolute Gasteiger partial charge is 0.493 e. The monoisotopic (exact) mass is 373 g/mol. The summed E-state index contributed by atoms with van der Waals surface area (Å²) in [6, 6.07) is 13.9. The molecule has 2 aromatic carbocycles. The van der Waals surface area contributed by atoms with Crippen LogP contribution in [-0.2, 0) is 0 Å². The maximum absolute atomic E-state index is 9.83. The van der Waals surface area contributed by atoms with Crippen molar-refractivity contribution in [1.82, 2.24) is 5.32 Å². The van der Waals surface area contributed by atoms with E-state index in [-0.39, 0.29) is 12.6 Å². The van der Waals surface area contributed by atoms with Gasteiger partial charge in [0.05, 0.1) is 18.8 Å². The molecule has 0 aromatic heterocycles. The molecular formula is C21H24ClNO3. The Balaban J connectivity index is 1.71. The zero-order valence-corrected chi connectivity index (χ0v) is 16.0. The van der Waals surface area contributed by atoms with Crippen molar-refractivity contribution in [2.45, 2.75) is 31.9 Å². The van der Waals surface area contributed by atoms with Gasteiger partial charge in [-0.2, -0.15) is 0 Å². The fourth-order valence-corrected chi connectivity index (χ4v) is 2.99. The van der Waals surface area contributed by atoms with Crippen LogP contribution in [0.4, 0.5) is 0 Å². The zero-order valence-electron chi connectivity index (χ0n) is 15.3. The van der Waals surface area contributed by atoms with Crippen LogP contribution in [-0.4, -0.2) is 24.4 Å². The van der Waals surface area contributed by atoms with E-state index in [9.17, 15) is 5.11 Å². The number of nitrogens with one attached hydrogen (secondary N) is 1. The van der Waals surface area contributed by atoms with Gasteiger partial charge in [0.15, 0.2) is 11.5 Å². The fourth-order valence-electron chi connectivity index (χ4n) is 2.87. The van der Waals surface area contributed by atoms with Crippen molar-refractivity contribution in [3.8, 4) is 11.5 Å². The van der Waals surface area contributed by atoms with Gasteiger partial charge in [0, 0.05) is 10.7 Å². The second-order valence-corrected chi connectivity index (χ2v) is 7.51. The van der Waals surface area contributed by atoms with Gasteiger partial charge in [-0.05, 0) is 55.7 Å². The molecule has 0 amide bonds. The molecule has 4 nitrogen and oxygen atoms in total. The topological polar surface area (TPSA) is 50.7 Å². The molecule has 1 atom stereocenters. The molecule has 2 N–H and O–H groups in total. The predicted molar refractivity (Wildman–Crippen MR) is 105 cm³/mol. The summed E-state index contributed by atoms with van der Waals surface area (Å²) >= 11 is 5.96. The molecule has 0 saturated carbocycles. The number of hydrogen-bond donors (Lipinski definition) is 2. The quantitative estimate of drug-likeness (QED) is 0.778. The van der Waals surface area contributed by atoms with E-state index in [2.05, 4.69) is 11.4 Å². The predicted octanol–water partition coefficient (Wildman–Crippen LogP) is 4.57. The van der Waals surface area contributed by atoms with Crippen LogP contribution in [0.1, 0.15) is 37.4 Å². The minimum atomic E-state index is -0.895. The first-order chi connectivity index (χ1) is 12.4. The average Bonchev–Trinajstić information content (AvgIpc) is 3.10. The summed E-state index contributed by atoms with van der Waals surface area (Å²) in [5.74, 6) is 1.29. The van der Waals surface area contributed by atoms with Gasteiger partial charge in [0.1, 0.15) is 6.61 Å². The second kappa shape index (κ2) is 7.60. The van der Waals surface area contributed by atoms with Gasteiger partial charge in [-0.25, -0.2) is 0 Å². The number of benzene rings is 2. The van der Waals surface area contributed by atoms with Gasteiger partial charge in [0.25, 0.3) is 0 Å². The van der Waals surface area contributed by atoms with Gasteiger partial charge in [-0.1, -0.05) is 35.9 Å². The van der Waals surface area contributed by atoms with Crippen LogP contribution in [0, 0.1) is 0 Å². The smallest absolute Gasteiger partial charge is 0.161 e. The van der Waals surface area contributed by atoms with Crippen LogP contribution in [0.5, 0.6) is 11.5 Å². The number of rotatable bonds is 6. The molecule has 5 heteroatoms. The molecule has 0 spiro atoms. The number of aliphatic hydroxyl groups is 1. The first kappa shape index (κ1) is 18.6. The van der Waals surface area contributed by atoms with Gasteiger partial charge < -0.3 is 19.9 Å². The number of methoxy groups -OCH3 is 1. The summed E-state index contributed by atoms with van der Waals surface area (Å²) in [5.41, 5.74) is 2.45. The zero-order chi connectivity index (χ0) is 18.7. The minimum absolute atomic E-state index is 0.179. The summed E-state index contributed by atoms with van der Waals surface area (Å²) < 4.78 is 11.2. The van der Waals surface area contributed by atoms with E-state index < -0.39 is 5.60 Å². The molecule has 26 heavy (non-hydrogen) atoms. The molecule has 0 aliphatic carbocycles. The fraction of sp³-hybridized carbons (Fsp3) is 0.333. The van der Waals surface area contributed by atoms with E-state index in [1.54, 1.807) is 21.0 Å². The standard InChI is InChI=1S/C21H24ClNO3/c1-21(2,24)13-26-19-11-6-15(12-20(19)25-3)18-10-9-17(23-18)14-4-7-16(22)8-5-14/h4-9,11-12,18,23-24H,10,13H2,1-3H3. The molecule has 1 heterocycles. The number of ether oxygens (including phenoxy) is 2. The van der Waals surface area contributed by atoms with Crippen molar-refractivity contribution in [2.24, 2.45) is 0 Å². The highest BCUT2D eigenvalue weighted by molar-refractivity contribution is 6.30. The van der Waals surface area contributed by atoms with Crippen molar-refractivity contribution >= 4 is 17.3 Å². The van der Waals surface area contributed by atoms with Crippen molar-refractivity contribution < 1.29 is 14.6 Å². The van der Waals surface area contributed by atoms with Crippen molar-refractivity contribution in [3.63, 3.8) is 0 Å². The Morgan fingerprint density at radius 1 is 1.15 bits per heavy atom. The average molecular weight is 374 g/mol. The Morgan fingerprint density at radius 2 is 1.88 bits per heavy atom. The van der Waals surface area contributed by atoms with E-state index in [0.29, 0.717) is 11.5 Å². The lowest BCUT2D eigenvalue weighted by atomic mass is 10.0. The molecule has 138 valence electrons. The summed E-state index contributed by atoms with van der Waals surface area (Å²) in [7, 11) is 1.62. The highest BCUT2D eigenvalue weighted by Gasteiger charge is 2.21. The summed E-state index contributed by atoms with van der Waals surface area (Å²) in [6.07, 6.45) is 3.09. The maximum Gasteiger partial charge on any atom is 0.161 e. The second-order valence-electron chi connectivity index (χ2n) is 7.07. The lowest BCUT2D eigenvalue weighted by molar-refractivity contribution is 0.0276. The lowest BCUT2D eigenvalue weighted by Gasteiger charge is -2.20. The summed E-state index contributed by atoms with van der Waals surface area (Å²) in [6.45, 7) is 3.62. The summed E-state index contributed by atoms with van der Waals surface area (Å²) in [5, 5.41) is 14.1. The molecule has 0 radical (unpaired) electrons. The Labute approximate surface area is 159 Å².